The third-order valence-electron chi connectivity index (χ3n) is 14.4. The number of hydrogen-bond acceptors (Lipinski definition) is 6. The number of amides is 1. The van der Waals surface area contributed by atoms with Gasteiger partial charge < -0.3 is 24.3 Å². The van der Waals surface area contributed by atoms with E-state index in [1.165, 1.54) is 38.5 Å². The van der Waals surface area contributed by atoms with Crippen LogP contribution in [-0.2, 0) is 30.2 Å². The lowest BCUT2D eigenvalue weighted by molar-refractivity contribution is -0.273. The minimum atomic E-state index is -0.796. The highest BCUT2D eigenvalue weighted by Crippen LogP contribution is 2.71. The van der Waals surface area contributed by atoms with Crippen molar-refractivity contribution >= 4 is 12.1 Å². The molecule has 266 valence electrons. The van der Waals surface area contributed by atoms with Gasteiger partial charge in [0.25, 0.3) is 0 Å². The SMILES string of the molecule is C[C@@H]1CC[C@@]2(OC1)O[C@H]1CC3C4CC[C@@H]5C[C@H](OC(=O)[C@H](Cc6ccccc6)NC(=O)OC(C)(C)C)CC[C@]5(C)C4CC[C@]3(C)[C@H]1[C@@H]2C. The molecule has 13 atom stereocenters. The molecule has 6 fully saturated rings. The number of alkyl carbamates (subject to hydrolysis) is 1. The minimum Gasteiger partial charge on any atom is -0.461 e. The van der Waals surface area contributed by atoms with Crippen LogP contribution in [0.4, 0.5) is 4.79 Å². The van der Waals surface area contributed by atoms with E-state index < -0.39 is 17.7 Å². The highest BCUT2D eigenvalue weighted by atomic mass is 16.7. The van der Waals surface area contributed by atoms with Gasteiger partial charge in [0.05, 0.1) is 12.7 Å². The molecule has 0 radical (unpaired) electrons. The van der Waals surface area contributed by atoms with Crippen molar-refractivity contribution in [2.24, 2.45) is 52.3 Å². The highest BCUT2D eigenvalue weighted by molar-refractivity contribution is 5.82. The van der Waals surface area contributed by atoms with Crippen molar-refractivity contribution in [3.05, 3.63) is 35.9 Å². The molecule has 0 bridgehead atoms. The van der Waals surface area contributed by atoms with E-state index in [1.807, 2.05) is 51.1 Å². The molecule has 6 aliphatic rings. The van der Waals surface area contributed by atoms with Crippen LogP contribution in [0.2, 0.25) is 0 Å². The largest absolute Gasteiger partial charge is 0.461 e. The summed E-state index contributed by atoms with van der Waals surface area (Å²) in [4.78, 5) is 26.4. The van der Waals surface area contributed by atoms with E-state index in [9.17, 15) is 9.59 Å². The first kappa shape index (κ1) is 34.3. The van der Waals surface area contributed by atoms with E-state index in [0.717, 1.165) is 55.6 Å². The Balaban J connectivity index is 1.00. The molecule has 0 aromatic heterocycles. The number of carbonyl (C=O) groups excluding carboxylic acids is 2. The number of esters is 1. The topological polar surface area (TPSA) is 83.1 Å². The third-order valence-corrected chi connectivity index (χ3v) is 14.4. The number of nitrogens with one attached hydrogen (secondary N) is 1. The summed E-state index contributed by atoms with van der Waals surface area (Å²) in [5.74, 6) is 3.71. The zero-order chi connectivity index (χ0) is 34.1. The minimum absolute atomic E-state index is 0.117. The molecule has 1 aromatic rings. The Morgan fingerprint density at radius 2 is 1.69 bits per heavy atom. The van der Waals surface area contributed by atoms with E-state index >= 15 is 0 Å². The number of carbonyl (C=O) groups is 2. The van der Waals surface area contributed by atoms with Crippen LogP contribution in [0.1, 0.15) is 118 Å². The van der Waals surface area contributed by atoms with Crippen LogP contribution in [0.15, 0.2) is 30.3 Å². The summed E-state index contributed by atoms with van der Waals surface area (Å²) >= 11 is 0. The van der Waals surface area contributed by atoms with Crippen molar-refractivity contribution in [1.82, 2.24) is 5.32 Å². The Hall–Kier alpha value is -2.12. The Bertz CT molecular complexity index is 1330. The fourth-order valence-corrected chi connectivity index (χ4v) is 12.1. The fourth-order valence-electron chi connectivity index (χ4n) is 12.1. The summed E-state index contributed by atoms with van der Waals surface area (Å²) in [6.07, 6.45) is 11.4. The molecule has 1 amide bonds. The first-order valence-electron chi connectivity index (χ1n) is 19.3. The van der Waals surface area contributed by atoms with Crippen LogP contribution in [-0.4, -0.2) is 48.3 Å². The van der Waals surface area contributed by atoms with Gasteiger partial charge in [-0.15, -0.1) is 0 Å². The van der Waals surface area contributed by atoms with Gasteiger partial charge >= 0.3 is 12.1 Å². The summed E-state index contributed by atoms with van der Waals surface area (Å²) in [7, 11) is 0. The van der Waals surface area contributed by atoms with Gasteiger partial charge in [0, 0.05) is 18.8 Å². The molecule has 1 spiro atoms. The van der Waals surface area contributed by atoms with Gasteiger partial charge in [0.1, 0.15) is 17.7 Å². The summed E-state index contributed by atoms with van der Waals surface area (Å²) in [6.45, 7) is 16.2. The van der Waals surface area contributed by atoms with Crippen LogP contribution in [0.3, 0.4) is 0 Å². The average molecular weight is 664 g/mol. The lowest BCUT2D eigenvalue weighted by Crippen LogP contribution is -2.55. The predicted molar refractivity (Wildman–Crippen MR) is 185 cm³/mol. The number of hydrogen-bond donors (Lipinski definition) is 1. The molecular weight excluding hydrogens is 602 g/mol. The monoisotopic (exact) mass is 663 g/mol. The van der Waals surface area contributed by atoms with Gasteiger partial charge in [-0.2, -0.15) is 0 Å². The summed E-state index contributed by atoms with van der Waals surface area (Å²) in [5.41, 5.74) is 0.925. The molecule has 2 heterocycles. The first-order chi connectivity index (χ1) is 22.7. The number of benzene rings is 1. The van der Waals surface area contributed by atoms with E-state index in [1.54, 1.807) is 0 Å². The van der Waals surface area contributed by atoms with Gasteiger partial charge in [0.2, 0.25) is 0 Å². The molecule has 7 rings (SSSR count). The van der Waals surface area contributed by atoms with Crippen LogP contribution in [0, 0.1) is 52.3 Å². The van der Waals surface area contributed by atoms with Gasteiger partial charge in [-0.05, 0) is 130 Å². The molecule has 48 heavy (non-hydrogen) atoms. The summed E-state index contributed by atoms with van der Waals surface area (Å²) in [6, 6.07) is 9.01. The molecule has 4 aliphatic carbocycles. The van der Waals surface area contributed by atoms with Crippen molar-refractivity contribution in [3.8, 4) is 0 Å². The Morgan fingerprint density at radius 3 is 2.40 bits per heavy atom. The lowest BCUT2D eigenvalue weighted by atomic mass is 9.44. The van der Waals surface area contributed by atoms with Crippen LogP contribution < -0.4 is 5.32 Å². The maximum Gasteiger partial charge on any atom is 0.408 e. The summed E-state index contributed by atoms with van der Waals surface area (Å²) < 4.78 is 25.3. The first-order valence-corrected chi connectivity index (χ1v) is 19.3. The molecule has 4 saturated carbocycles. The second-order valence-corrected chi connectivity index (χ2v) is 18.4. The van der Waals surface area contributed by atoms with Crippen molar-refractivity contribution in [2.45, 2.75) is 149 Å². The quantitative estimate of drug-likeness (QED) is 0.318. The Morgan fingerprint density at radius 1 is 0.938 bits per heavy atom. The standard InChI is InChI=1S/C41H61NO6/c1-25-15-20-41(45-24-25)26(2)35-34(47-41)23-32-30-14-13-28-22-29(16-18-39(28,6)31(30)17-19-40(32,35)7)46-36(43)33(21-27-11-9-8-10-12-27)42-37(44)48-38(3,4)5/h8-12,25-26,28-35H,13-24H2,1-7H3,(H,42,44)/t25-,26+,28-,29-,30?,31?,32?,33+,34+,35+,39+,40+,41-/m1/s1. The van der Waals surface area contributed by atoms with E-state index in [2.05, 4.69) is 33.0 Å². The van der Waals surface area contributed by atoms with Gasteiger partial charge in [-0.25, -0.2) is 9.59 Å². The molecule has 7 nitrogen and oxygen atoms in total. The highest BCUT2D eigenvalue weighted by Gasteiger charge is 2.69. The molecule has 3 unspecified atom stereocenters. The molecule has 7 heteroatoms. The molecule has 2 aliphatic heterocycles. The number of fused-ring (bicyclic) bond motifs is 7. The zero-order valence-electron chi connectivity index (χ0n) is 30.6. The van der Waals surface area contributed by atoms with Crippen molar-refractivity contribution in [3.63, 3.8) is 0 Å². The third kappa shape index (κ3) is 6.11. The molecular formula is C41H61NO6. The second-order valence-electron chi connectivity index (χ2n) is 18.4. The van der Waals surface area contributed by atoms with Crippen molar-refractivity contribution < 1.29 is 28.5 Å². The van der Waals surface area contributed by atoms with E-state index in [-0.39, 0.29) is 23.3 Å². The molecule has 1 N–H and O–H groups in total. The lowest BCUT2D eigenvalue weighted by Gasteiger charge is -2.61. The molecule has 1 aromatic carbocycles. The van der Waals surface area contributed by atoms with Gasteiger partial charge in [-0.3, -0.25) is 0 Å². The summed E-state index contributed by atoms with van der Waals surface area (Å²) in [5, 5.41) is 2.82. The zero-order valence-corrected chi connectivity index (χ0v) is 30.6. The number of rotatable bonds is 5. The van der Waals surface area contributed by atoms with Crippen LogP contribution in [0.25, 0.3) is 0 Å². The predicted octanol–water partition coefficient (Wildman–Crippen LogP) is 8.48. The van der Waals surface area contributed by atoms with Crippen molar-refractivity contribution in [2.75, 3.05) is 6.61 Å². The second kappa shape index (κ2) is 12.6. The van der Waals surface area contributed by atoms with Crippen LogP contribution in [0.5, 0.6) is 0 Å². The van der Waals surface area contributed by atoms with Crippen molar-refractivity contribution in [1.29, 1.82) is 0 Å². The smallest absolute Gasteiger partial charge is 0.408 e. The normalized spacial score (nSPS) is 44.1. The van der Waals surface area contributed by atoms with E-state index in [0.29, 0.717) is 41.6 Å². The van der Waals surface area contributed by atoms with Crippen LogP contribution >= 0.6 is 0 Å². The maximum absolute atomic E-state index is 13.7. The van der Waals surface area contributed by atoms with Gasteiger partial charge in [-0.1, -0.05) is 58.0 Å². The Labute approximate surface area is 288 Å². The van der Waals surface area contributed by atoms with Gasteiger partial charge in [0.15, 0.2) is 5.79 Å². The van der Waals surface area contributed by atoms with E-state index in [4.69, 9.17) is 18.9 Å². The Kier molecular flexibility index (Phi) is 9.00. The molecule has 2 saturated heterocycles. The number of ether oxygens (including phenoxy) is 4. The average Bonchev–Trinajstić information content (AvgIpc) is 3.47. The fraction of sp³-hybridized carbons (Fsp3) is 0.805. The maximum atomic E-state index is 13.7.